The number of ether oxygens (including phenoxy) is 1. The first-order chi connectivity index (χ1) is 6.38. The van der Waals surface area contributed by atoms with Crippen LogP contribution in [-0.2, 0) is 4.74 Å². The van der Waals surface area contributed by atoms with E-state index in [-0.39, 0.29) is 0 Å². The van der Waals surface area contributed by atoms with Gasteiger partial charge >= 0.3 is 0 Å². The summed E-state index contributed by atoms with van der Waals surface area (Å²) in [6, 6.07) is 8.49. The van der Waals surface area contributed by atoms with Crippen LogP contribution in [0.25, 0.3) is 0 Å². The Morgan fingerprint density at radius 3 is 2.54 bits per heavy atom. The molecule has 0 aliphatic carbocycles. The Kier molecular flexibility index (Phi) is 3.01. The van der Waals surface area contributed by atoms with Gasteiger partial charge in [-0.15, -0.1) is 0 Å². The predicted octanol–water partition coefficient (Wildman–Crippen LogP) is 3.34. The summed E-state index contributed by atoms with van der Waals surface area (Å²) in [7, 11) is 0. The van der Waals surface area contributed by atoms with Crippen LogP contribution < -0.4 is 0 Å². The van der Waals surface area contributed by atoms with Crippen LogP contribution in [0.3, 0.4) is 0 Å². The minimum absolute atomic E-state index is 0.685. The number of rotatable bonds is 1. The lowest BCUT2D eigenvalue weighted by Crippen LogP contribution is -2.14. The Balaban J connectivity index is 2.18. The molecular weight excluding hydrogens is 228 g/mol. The molecule has 0 spiro atoms. The fourth-order valence-corrected chi connectivity index (χ4v) is 2.42. The van der Waals surface area contributed by atoms with Gasteiger partial charge in [-0.1, -0.05) is 34.1 Å². The lowest BCUT2D eigenvalue weighted by atomic mass is 9.92. The molecule has 0 saturated carbocycles. The van der Waals surface area contributed by atoms with E-state index in [1.165, 1.54) is 10.0 Å². The molecule has 13 heavy (non-hydrogen) atoms. The zero-order valence-electron chi connectivity index (χ0n) is 7.50. The predicted molar refractivity (Wildman–Crippen MR) is 56.9 cm³/mol. The normalized spacial score (nSPS) is 18.8. The first kappa shape index (κ1) is 9.22. The van der Waals surface area contributed by atoms with Crippen molar-refractivity contribution in [2.45, 2.75) is 18.8 Å². The summed E-state index contributed by atoms with van der Waals surface area (Å²) in [5.41, 5.74) is 1.44. The first-order valence-corrected chi connectivity index (χ1v) is 5.49. The highest BCUT2D eigenvalue weighted by Crippen LogP contribution is 2.31. The van der Waals surface area contributed by atoms with E-state index in [0.717, 1.165) is 26.1 Å². The SMILES string of the molecule is Brc1ccccc1C1CCOCC1. The minimum Gasteiger partial charge on any atom is -0.381 e. The van der Waals surface area contributed by atoms with Crippen LogP contribution in [0.2, 0.25) is 0 Å². The van der Waals surface area contributed by atoms with Crippen molar-refractivity contribution in [3.63, 3.8) is 0 Å². The Bertz CT molecular complexity index is 279. The second kappa shape index (κ2) is 4.25. The molecule has 0 bridgehead atoms. The van der Waals surface area contributed by atoms with Gasteiger partial charge in [0.05, 0.1) is 0 Å². The third kappa shape index (κ3) is 2.12. The largest absolute Gasteiger partial charge is 0.381 e. The molecule has 2 heteroatoms. The van der Waals surface area contributed by atoms with Crippen LogP contribution in [0.4, 0.5) is 0 Å². The number of benzene rings is 1. The molecular formula is C11H13BrO. The Hall–Kier alpha value is -0.340. The van der Waals surface area contributed by atoms with Crippen LogP contribution in [0.1, 0.15) is 24.3 Å². The summed E-state index contributed by atoms with van der Waals surface area (Å²) in [6.07, 6.45) is 2.31. The van der Waals surface area contributed by atoms with Gasteiger partial charge in [-0.25, -0.2) is 0 Å². The van der Waals surface area contributed by atoms with Crippen LogP contribution in [-0.4, -0.2) is 13.2 Å². The van der Waals surface area contributed by atoms with Crippen molar-refractivity contribution in [1.29, 1.82) is 0 Å². The quantitative estimate of drug-likeness (QED) is 0.732. The van der Waals surface area contributed by atoms with Crippen molar-refractivity contribution in [2.24, 2.45) is 0 Å². The topological polar surface area (TPSA) is 9.23 Å². The molecule has 0 amide bonds. The standard InChI is InChI=1S/C11H13BrO/c12-11-4-2-1-3-10(11)9-5-7-13-8-6-9/h1-4,9H,5-8H2. The maximum atomic E-state index is 5.35. The highest BCUT2D eigenvalue weighted by molar-refractivity contribution is 9.10. The van der Waals surface area contributed by atoms with E-state index >= 15 is 0 Å². The Morgan fingerprint density at radius 2 is 1.85 bits per heavy atom. The van der Waals surface area contributed by atoms with Crippen molar-refractivity contribution in [3.8, 4) is 0 Å². The Morgan fingerprint density at radius 1 is 1.15 bits per heavy atom. The van der Waals surface area contributed by atoms with Gasteiger partial charge in [0, 0.05) is 17.7 Å². The van der Waals surface area contributed by atoms with Crippen molar-refractivity contribution in [1.82, 2.24) is 0 Å². The fourth-order valence-electron chi connectivity index (χ4n) is 1.81. The molecule has 0 atom stereocenters. The van der Waals surface area contributed by atoms with Gasteiger partial charge in [0.1, 0.15) is 0 Å². The van der Waals surface area contributed by atoms with Gasteiger partial charge in [-0.05, 0) is 30.4 Å². The molecule has 1 aliphatic heterocycles. The van der Waals surface area contributed by atoms with Crippen LogP contribution in [0.15, 0.2) is 28.7 Å². The molecule has 1 nitrogen and oxygen atoms in total. The molecule has 1 aliphatic rings. The monoisotopic (exact) mass is 240 g/mol. The van der Waals surface area contributed by atoms with Crippen molar-refractivity contribution in [3.05, 3.63) is 34.3 Å². The molecule has 0 N–H and O–H groups in total. The molecule has 70 valence electrons. The van der Waals surface area contributed by atoms with E-state index in [1.54, 1.807) is 0 Å². The van der Waals surface area contributed by atoms with Crippen molar-refractivity contribution in [2.75, 3.05) is 13.2 Å². The van der Waals surface area contributed by atoms with E-state index in [9.17, 15) is 0 Å². The maximum Gasteiger partial charge on any atom is 0.0471 e. The van der Waals surface area contributed by atoms with E-state index in [4.69, 9.17) is 4.74 Å². The molecule has 0 radical (unpaired) electrons. The van der Waals surface area contributed by atoms with Crippen LogP contribution in [0, 0.1) is 0 Å². The van der Waals surface area contributed by atoms with Gasteiger partial charge in [0.2, 0.25) is 0 Å². The second-order valence-electron chi connectivity index (χ2n) is 3.41. The highest BCUT2D eigenvalue weighted by atomic mass is 79.9. The van der Waals surface area contributed by atoms with Crippen molar-refractivity contribution >= 4 is 15.9 Å². The van der Waals surface area contributed by atoms with Gasteiger partial charge in [0.15, 0.2) is 0 Å². The van der Waals surface area contributed by atoms with E-state index in [0.29, 0.717) is 5.92 Å². The van der Waals surface area contributed by atoms with Gasteiger partial charge in [-0.2, -0.15) is 0 Å². The molecule has 1 aromatic carbocycles. The number of hydrogen-bond acceptors (Lipinski definition) is 1. The smallest absolute Gasteiger partial charge is 0.0471 e. The summed E-state index contributed by atoms with van der Waals surface area (Å²) >= 11 is 3.59. The minimum atomic E-state index is 0.685. The van der Waals surface area contributed by atoms with E-state index in [2.05, 4.69) is 40.2 Å². The average Bonchev–Trinajstić information content (AvgIpc) is 2.20. The molecule has 1 aromatic rings. The number of halogens is 1. The summed E-state index contributed by atoms with van der Waals surface area (Å²) in [5.74, 6) is 0.685. The maximum absolute atomic E-state index is 5.35. The summed E-state index contributed by atoms with van der Waals surface area (Å²) in [5, 5.41) is 0. The molecule has 1 fully saturated rings. The second-order valence-corrected chi connectivity index (χ2v) is 4.26. The summed E-state index contributed by atoms with van der Waals surface area (Å²) in [6.45, 7) is 1.82. The lowest BCUT2D eigenvalue weighted by molar-refractivity contribution is 0.0852. The molecule has 1 saturated heterocycles. The Labute approximate surface area is 87.2 Å². The van der Waals surface area contributed by atoms with Crippen LogP contribution >= 0.6 is 15.9 Å². The molecule has 0 unspecified atom stereocenters. The van der Waals surface area contributed by atoms with Crippen LogP contribution in [0.5, 0.6) is 0 Å². The zero-order valence-corrected chi connectivity index (χ0v) is 9.09. The molecule has 1 heterocycles. The van der Waals surface area contributed by atoms with E-state index in [1.807, 2.05) is 0 Å². The number of hydrogen-bond donors (Lipinski definition) is 0. The average molecular weight is 241 g/mol. The van der Waals surface area contributed by atoms with E-state index < -0.39 is 0 Å². The van der Waals surface area contributed by atoms with Crippen molar-refractivity contribution < 1.29 is 4.74 Å². The summed E-state index contributed by atoms with van der Waals surface area (Å²) < 4.78 is 6.58. The summed E-state index contributed by atoms with van der Waals surface area (Å²) in [4.78, 5) is 0. The zero-order chi connectivity index (χ0) is 9.10. The first-order valence-electron chi connectivity index (χ1n) is 4.70. The third-order valence-corrected chi connectivity index (χ3v) is 3.29. The lowest BCUT2D eigenvalue weighted by Gasteiger charge is -2.23. The highest BCUT2D eigenvalue weighted by Gasteiger charge is 2.17. The molecule has 0 aromatic heterocycles. The van der Waals surface area contributed by atoms with Gasteiger partial charge < -0.3 is 4.74 Å². The molecule has 2 rings (SSSR count). The van der Waals surface area contributed by atoms with Gasteiger partial charge in [-0.3, -0.25) is 0 Å². The third-order valence-electron chi connectivity index (χ3n) is 2.57. The van der Waals surface area contributed by atoms with Gasteiger partial charge in [0.25, 0.3) is 0 Å². The fraction of sp³-hybridized carbons (Fsp3) is 0.455.